The summed E-state index contributed by atoms with van der Waals surface area (Å²) in [6, 6.07) is 0. The lowest BCUT2D eigenvalue weighted by Crippen LogP contribution is -2.21. The van der Waals surface area contributed by atoms with Crippen LogP contribution in [-0.4, -0.2) is 45.6 Å². The summed E-state index contributed by atoms with van der Waals surface area (Å²) < 4.78 is 1.78. The third-order valence-electron chi connectivity index (χ3n) is 4.09. The molecule has 0 radical (unpaired) electrons. The third kappa shape index (κ3) is 4.57. The van der Waals surface area contributed by atoms with Crippen LogP contribution >= 0.6 is 0 Å². The van der Waals surface area contributed by atoms with Gasteiger partial charge in [0.05, 0.1) is 24.6 Å². The first-order valence-electron chi connectivity index (χ1n) is 9.20. The van der Waals surface area contributed by atoms with Crippen molar-refractivity contribution in [3.63, 3.8) is 0 Å². The normalized spacial score (nSPS) is 12.8. The maximum atomic E-state index is 7.54. The minimum absolute atomic E-state index is 0.211. The molecule has 152 valence electrons. The Balaban J connectivity index is 2.53. The van der Waals surface area contributed by atoms with Gasteiger partial charge in [-0.3, -0.25) is 14.7 Å². The number of H-pyrrole nitrogens is 1. The van der Waals surface area contributed by atoms with Gasteiger partial charge in [-0.2, -0.15) is 10.2 Å². The van der Waals surface area contributed by atoms with Gasteiger partial charge >= 0.3 is 0 Å². The van der Waals surface area contributed by atoms with Gasteiger partial charge in [-0.1, -0.05) is 41.5 Å². The van der Waals surface area contributed by atoms with Gasteiger partial charge in [0.2, 0.25) is 0 Å². The molecule has 9 heteroatoms. The number of aromatic nitrogens is 4. The molecular weight excluding hydrogens is 354 g/mol. The fraction of sp³-hybridized carbons (Fsp3) is 0.632. The lowest BCUT2D eigenvalue weighted by atomic mass is 9.91. The number of nitrogens with zero attached hydrogens (tertiary/aromatic N) is 7. The van der Waals surface area contributed by atoms with Gasteiger partial charge in [0.15, 0.2) is 17.3 Å². The summed E-state index contributed by atoms with van der Waals surface area (Å²) in [6.45, 7) is 20.5. The SMILES string of the molecule is [C-]#[N+]c1c(C(C)(C)C)n[nH]c1/N=N/c1c(C(C)(C)C)nn(C)c1NCN(C)C. The molecule has 2 aromatic rings. The number of azo groups is 1. The molecule has 0 aliphatic rings. The Hall–Kier alpha value is -2.73. The van der Waals surface area contributed by atoms with Gasteiger partial charge in [0.25, 0.3) is 5.69 Å². The second-order valence-corrected chi connectivity index (χ2v) is 9.17. The van der Waals surface area contributed by atoms with E-state index in [0.29, 0.717) is 29.6 Å². The summed E-state index contributed by atoms with van der Waals surface area (Å²) in [4.78, 5) is 5.65. The average Bonchev–Trinajstić information content (AvgIpc) is 3.10. The van der Waals surface area contributed by atoms with Gasteiger partial charge in [0.1, 0.15) is 0 Å². The van der Waals surface area contributed by atoms with Crippen molar-refractivity contribution in [3.05, 3.63) is 22.8 Å². The van der Waals surface area contributed by atoms with Crippen LogP contribution in [0, 0.1) is 6.57 Å². The molecular formula is C19H31N9. The summed E-state index contributed by atoms with van der Waals surface area (Å²) in [5, 5.41) is 24.0. The maximum Gasteiger partial charge on any atom is 0.255 e. The fourth-order valence-corrected chi connectivity index (χ4v) is 2.67. The molecule has 0 aromatic carbocycles. The minimum atomic E-state index is -0.256. The first-order chi connectivity index (χ1) is 12.9. The standard InChI is InChI=1S/C19H31N9/c1-18(2,3)14-12(20-7)16(25-23-14)24-22-13-15(19(4,5)6)26-28(10)17(13)21-11-27(8)9/h21H,11H2,1-6,8-10H3,(H,23,25)/b24-22+. The largest absolute Gasteiger partial charge is 0.356 e. The summed E-state index contributed by atoms with van der Waals surface area (Å²) in [5.41, 5.74) is 2.12. The van der Waals surface area contributed by atoms with Crippen LogP contribution in [0.5, 0.6) is 0 Å². The van der Waals surface area contributed by atoms with Crippen LogP contribution in [-0.2, 0) is 17.9 Å². The summed E-state index contributed by atoms with van der Waals surface area (Å²) in [6.07, 6.45) is 0. The summed E-state index contributed by atoms with van der Waals surface area (Å²) >= 11 is 0. The van der Waals surface area contributed by atoms with E-state index in [0.717, 1.165) is 11.5 Å². The Bertz CT molecular complexity index is 896. The highest BCUT2D eigenvalue weighted by molar-refractivity contribution is 5.68. The maximum absolute atomic E-state index is 7.54. The molecule has 2 aromatic heterocycles. The number of hydrogen-bond acceptors (Lipinski definition) is 6. The highest BCUT2D eigenvalue weighted by Crippen LogP contribution is 2.40. The monoisotopic (exact) mass is 385 g/mol. The zero-order valence-corrected chi connectivity index (χ0v) is 18.3. The summed E-state index contributed by atoms with van der Waals surface area (Å²) in [5.74, 6) is 1.14. The second kappa shape index (κ2) is 7.72. The number of aromatic amines is 1. The predicted molar refractivity (Wildman–Crippen MR) is 112 cm³/mol. The van der Waals surface area contributed by atoms with Crippen LogP contribution in [0.3, 0.4) is 0 Å². The molecule has 0 saturated carbocycles. The van der Waals surface area contributed by atoms with E-state index < -0.39 is 0 Å². The van der Waals surface area contributed by atoms with Crippen LogP contribution in [0.2, 0.25) is 0 Å². The predicted octanol–water partition coefficient (Wildman–Crippen LogP) is 4.64. The van der Waals surface area contributed by atoms with Crippen molar-refractivity contribution in [3.8, 4) is 0 Å². The van der Waals surface area contributed by atoms with Crippen LogP contribution in [0.4, 0.5) is 23.0 Å². The van der Waals surface area contributed by atoms with Crippen molar-refractivity contribution in [2.45, 2.75) is 52.4 Å². The first kappa shape index (κ1) is 21.6. The van der Waals surface area contributed by atoms with Crippen LogP contribution in [0.15, 0.2) is 10.2 Å². The Morgan fingerprint density at radius 2 is 1.71 bits per heavy atom. The lowest BCUT2D eigenvalue weighted by Gasteiger charge is -2.16. The van der Waals surface area contributed by atoms with E-state index in [1.54, 1.807) is 4.68 Å². The number of aryl methyl sites for hydroxylation is 1. The van der Waals surface area contributed by atoms with E-state index in [1.807, 2.05) is 46.8 Å². The molecule has 2 N–H and O–H groups in total. The molecule has 2 heterocycles. The van der Waals surface area contributed by atoms with Gasteiger partial charge < -0.3 is 5.32 Å². The lowest BCUT2D eigenvalue weighted by molar-refractivity contribution is 0.438. The zero-order chi connectivity index (χ0) is 21.3. The molecule has 0 bridgehead atoms. The molecule has 0 unspecified atom stereocenters. The van der Waals surface area contributed by atoms with E-state index in [9.17, 15) is 0 Å². The molecule has 2 rings (SSSR count). The van der Waals surface area contributed by atoms with E-state index in [-0.39, 0.29) is 10.8 Å². The average molecular weight is 386 g/mol. The van der Waals surface area contributed by atoms with Crippen LogP contribution in [0.1, 0.15) is 52.9 Å². The van der Waals surface area contributed by atoms with Crippen LogP contribution < -0.4 is 5.32 Å². The molecule has 0 atom stereocenters. The third-order valence-corrected chi connectivity index (χ3v) is 4.09. The molecule has 0 saturated heterocycles. The zero-order valence-electron chi connectivity index (χ0n) is 18.3. The van der Waals surface area contributed by atoms with Crippen molar-refractivity contribution in [1.29, 1.82) is 0 Å². The summed E-state index contributed by atoms with van der Waals surface area (Å²) in [7, 11) is 5.84. The quantitative estimate of drug-likeness (QED) is 0.446. The number of hydrogen-bond donors (Lipinski definition) is 2. The van der Waals surface area contributed by atoms with Gasteiger partial charge in [0, 0.05) is 12.5 Å². The fourth-order valence-electron chi connectivity index (χ4n) is 2.67. The Morgan fingerprint density at radius 3 is 2.21 bits per heavy atom. The second-order valence-electron chi connectivity index (χ2n) is 9.17. The van der Waals surface area contributed by atoms with Crippen molar-refractivity contribution >= 4 is 23.0 Å². The number of anilines is 1. The topological polar surface area (TPSA) is 90.9 Å². The highest BCUT2D eigenvalue weighted by Gasteiger charge is 2.28. The smallest absolute Gasteiger partial charge is 0.255 e. The molecule has 28 heavy (non-hydrogen) atoms. The Labute approximate surface area is 167 Å². The molecule has 0 aliphatic carbocycles. The van der Waals surface area contributed by atoms with Crippen LogP contribution in [0.25, 0.3) is 4.85 Å². The van der Waals surface area contributed by atoms with Crippen molar-refractivity contribution in [2.75, 3.05) is 26.1 Å². The molecule has 0 fully saturated rings. The van der Waals surface area contributed by atoms with Gasteiger partial charge in [-0.05, 0) is 19.5 Å². The minimum Gasteiger partial charge on any atom is -0.356 e. The van der Waals surface area contributed by atoms with E-state index >= 15 is 0 Å². The Morgan fingerprint density at radius 1 is 1.11 bits per heavy atom. The van der Waals surface area contributed by atoms with E-state index in [2.05, 4.69) is 56.5 Å². The number of nitrogens with one attached hydrogen (secondary N) is 2. The van der Waals surface area contributed by atoms with Crippen molar-refractivity contribution in [2.24, 2.45) is 17.3 Å². The van der Waals surface area contributed by atoms with E-state index in [1.165, 1.54) is 0 Å². The molecule has 0 spiro atoms. The van der Waals surface area contributed by atoms with Crippen molar-refractivity contribution < 1.29 is 0 Å². The Kier molecular flexibility index (Phi) is 5.94. The number of rotatable bonds is 5. The van der Waals surface area contributed by atoms with Gasteiger partial charge in [-0.25, -0.2) is 4.85 Å². The highest BCUT2D eigenvalue weighted by atomic mass is 15.4. The molecule has 0 aliphatic heterocycles. The van der Waals surface area contributed by atoms with E-state index in [4.69, 9.17) is 6.57 Å². The molecule has 9 nitrogen and oxygen atoms in total. The van der Waals surface area contributed by atoms with Crippen molar-refractivity contribution in [1.82, 2.24) is 24.9 Å². The van der Waals surface area contributed by atoms with Gasteiger partial charge in [-0.15, -0.1) is 10.2 Å². The first-order valence-corrected chi connectivity index (χ1v) is 9.20. The molecule has 0 amide bonds.